The lowest BCUT2D eigenvalue weighted by Crippen LogP contribution is -2.54. The first-order valence-corrected chi connectivity index (χ1v) is 5.45. The van der Waals surface area contributed by atoms with Crippen molar-refractivity contribution in [2.75, 3.05) is 13.1 Å². The molecule has 0 saturated carbocycles. The van der Waals surface area contributed by atoms with Gasteiger partial charge in [0.05, 0.1) is 0 Å². The summed E-state index contributed by atoms with van der Waals surface area (Å²) in [5.41, 5.74) is 3.78. The molecule has 0 aliphatic carbocycles. The molecule has 1 saturated heterocycles. The zero-order valence-corrected chi connectivity index (χ0v) is 9.73. The molecule has 0 aromatic carbocycles. The Bertz CT molecular complexity index is 344. The van der Waals surface area contributed by atoms with Crippen molar-refractivity contribution in [2.45, 2.75) is 31.7 Å². The minimum Gasteiger partial charge on any atom is -0.480 e. The lowest BCUT2D eigenvalue weighted by Gasteiger charge is -2.31. The lowest BCUT2D eigenvalue weighted by molar-refractivity contribution is -0.147. The Morgan fingerprint density at radius 2 is 2.12 bits per heavy atom. The fraction of sp³-hybridized carbons (Fsp3) is 0.700. The Labute approximate surface area is 98.9 Å². The van der Waals surface area contributed by atoms with Gasteiger partial charge in [-0.15, -0.1) is 0 Å². The van der Waals surface area contributed by atoms with E-state index in [2.05, 4.69) is 5.32 Å². The van der Waals surface area contributed by atoms with E-state index in [9.17, 15) is 14.4 Å². The Balaban J connectivity index is 2.56. The molecule has 0 radical (unpaired) electrons. The molecule has 1 aliphatic heterocycles. The number of nitrogens with one attached hydrogen (secondary N) is 1. The van der Waals surface area contributed by atoms with E-state index < -0.39 is 23.4 Å². The summed E-state index contributed by atoms with van der Waals surface area (Å²) < 4.78 is 0. The first kappa shape index (κ1) is 13.3. The van der Waals surface area contributed by atoms with Crippen LogP contribution < -0.4 is 11.1 Å². The Morgan fingerprint density at radius 1 is 1.47 bits per heavy atom. The number of carboxylic acids is 1. The summed E-state index contributed by atoms with van der Waals surface area (Å²) in [4.78, 5) is 34.7. The van der Waals surface area contributed by atoms with Gasteiger partial charge in [-0.25, -0.2) is 9.59 Å². The van der Waals surface area contributed by atoms with E-state index in [0.29, 0.717) is 19.4 Å². The highest BCUT2D eigenvalue weighted by molar-refractivity contribution is 5.86. The van der Waals surface area contributed by atoms with Crippen molar-refractivity contribution in [3.8, 4) is 0 Å². The molecule has 4 N–H and O–H groups in total. The molecule has 3 amide bonds. The van der Waals surface area contributed by atoms with Crippen molar-refractivity contribution in [3.05, 3.63) is 0 Å². The lowest BCUT2D eigenvalue weighted by atomic mass is 10.00. The standard InChI is InChI=1S/C10H17N3O4/c1-10(8(15)16)4-2-6-13(10)9(17)12-5-3-7(11)14/h2-6H2,1H3,(H2,11,14)(H,12,17)(H,15,16). The molecule has 1 heterocycles. The quantitative estimate of drug-likeness (QED) is 0.618. The Hall–Kier alpha value is -1.79. The summed E-state index contributed by atoms with van der Waals surface area (Å²) in [6.45, 7) is 2.06. The molecule has 7 heteroatoms. The summed E-state index contributed by atoms with van der Waals surface area (Å²) in [6.07, 6.45) is 1.14. The van der Waals surface area contributed by atoms with E-state index >= 15 is 0 Å². The molecule has 1 rings (SSSR count). The highest BCUT2D eigenvalue weighted by Gasteiger charge is 2.45. The van der Waals surface area contributed by atoms with Crippen LogP contribution in [0.2, 0.25) is 0 Å². The maximum atomic E-state index is 11.7. The molecule has 1 aliphatic rings. The molecule has 0 aromatic rings. The van der Waals surface area contributed by atoms with Crippen molar-refractivity contribution in [3.63, 3.8) is 0 Å². The van der Waals surface area contributed by atoms with Gasteiger partial charge >= 0.3 is 12.0 Å². The first-order valence-electron chi connectivity index (χ1n) is 5.45. The monoisotopic (exact) mass is 243 g/mol. The van der Waals surface area contributed by atoms with Gasteiger partial charge in [0.1, 0.15) is 5.54 Å². The molecule has 17 heavy (non-hydrogen) atoms. The maximum absolute atomic E-state index is 11.7. The van der Waals surface area contributed by atoms with Gasteiger partial charge in [-0.1, -0.05) is 0 Å². The van der Waals surface area contributed by atoms with E-state index in [0.717, 1.165) is 0 Å². The summed E-state index contributed by atoms with van der Waals surface area (Å²) in [5, 5.41) is 11.6. The maximum Gasteiger partial charge on any atom is 0.329 e. The number of hydrogen-bond acceptors (Lipinski definition) is 3. The van der Waals surface area contributed by atoms with E-state index in [1.165, 1.54) is 11.8 Å². The smallest absolute Gasteiger partial charge is 0.329 e. The van der Waals surface area contributed by atoms with Crippen LogP contribution in [0, 0.1) is 0 Å². The molecule has 7 nitrogen and oxygen atoms in total. The van der Waals surface area contributed by atoms with Crippen LogP contribution in [0.25, 0.3) is 0 Å². The summed E-state index contributed by atoms with van der Waals surface area (Å²) in [6, 6.07) is -0.464. The number of likely N-dealkylation sites (tertiary alicyclic amines) is 1. The van der Waals surface area contributed by atoms with Gasteiger partial charge in [-0.2, -0.15) is 0 Å². The number of amides is 3. The highest BCUT2D eigenvalue weighted by atomic mass is 16.4. The minimum absolute atomic E-state index is 0.0450. The number of carboxylic acid groups (broad SMARTS) is 1. The fourth-order valence-electron chi connectivity index (χ4n) is 1.90. The third-order valence-electron chi connectivity index (χ3n) is 2.99. The highest BCUT2D eigenvalue weighted by Crippen LogP contribution is 2.28. The molecule has 96 valence electrons. The van der Waals surface area contributed by atoms with Crippen LogP contribution in [0.15, 0.2) is 0 Å². The average molecular weight is 243 g/mol. The van der Waals surface area contributed by atoms with E-state index in [4.69, 9.17) is 10.8 Å². The van der Waals surface area contributed by atoms with Crippen LogP contribution in [0.1, 0.15) is 26.2 Å². The van der Waals surface area contributed by atoms with Crippen molar-refractivity contribution in [1.29, 1.82) is 0 Å². The number of carbonyl (C=O) groups excluding carboxylic acids is 2. The minimum atomic E-state index is -1.16. The van der Waals surface area contributed by atoms with Crippen molar-refractivity contribution < 1.29 is 19.5 Å². The number of nitrogens with two attached hydrogens (primary N) is 1. The van der Waals surface area contributed by atoms with Crippen LogP contribution in [0.4, 0.5) is 4.79 Å². The van der Waals surface area contributed by atoms with E-state index in [1.807, 2.05) is 0 Å². The second-order valence-corrected chi connectivity index (χ2v) is 4.28. The molecule has 0 aromatic heterocycles. The zero-order chi connectivity index (χ0) is 13.1. The third-order valence-corrected chi connectivity index (χ3v) is 2.99. The van der Waals surface area contributed by atoms with Crippen LogP contribution >= 0.6 is 0 Å². The van der Waals surface area contributed by atoms with Gasteiger partial charge in [-0.05, 0) is 19.8 Å². The van der Waals surface area contributed by atoms with Gasteiger partial charge in [0.15, 0.2) is 0 Å². The molecule has 0 spiro atoms. The summed E-state index contributed by atoms with van der Waals surface area (Å²) in [7, 11) is 0. The van der Waals surface area contributed by atoms with Crippen LogP contribution in [-0.2, 0) is 9.59 Å². The molecule has 1 fully saturated rings. The predicted octanol–water partition coefficient (Wildman–Crippen LogP) is -0.489. The Morgan fingerprint density at radius 3 is 2.65 bits per heavy atom. The number of aliphatic carboxylic acids is 1. The van der Waals surface area contributed by atoms with Gasteiger partial charge in [0, 0.05) is 19.5 Å². The Kier molecular flexibility index (Phi) is 3.93. The topological polar surface area (TPSA) is 113 Å². The number of hydrogen-bond donors (Lipinski definition) is 3. The molecule has 1 atom stereocenters. The van der Waals surface area contributed by atoms with Crippen molar-refractivity contribution in [2.24, 2.45) is 5.73 Å². The first-order chi connectivity index (χ1) is 7.88. The van der Waals surface area contributed by atoms with Gasteiger partial charge in [-0.3, -0.25) is 4.79 Å². The zero-order valence-electron chi connectivity index (χ0n) is 9.73. The number of carbonyl (C=O) groups is 3. The molecule has 0 bridgehead atoms. The predicted molar refractivity (Wildman–Crippen MR) is 59.2 cm³/mol. The van der Waals surface area contributed by atoms with Crippen LogP contribution in [-0.4, -0.2) is 46.5 Å². The van der Waals surface area contributed by atoms with Gasteiger partial charge < -0.3 is 21.1 Å². The van der Waals surface area contributed by atoms with Gasteiger partial charge in [0.2, 0.25) is 5.91 Å². The van der Waals surface area contributed by atoms with E-state index in [1.54, 1.807) is 0 Å². The second-order valence-electron chi connectivity index (χ2n) is 4.28. The average Bonchev–Trinajstić information content (AvgIpc) is 2.61. The third kappa shape index (κ3) is 2.86. The second kappa shape index (κ2) is 5.03. The van der Waals surface area contributed by atoms with E-state index in [-0.39, 0.29) is 13.0 Å². The number of primary amides is 1. The fourth-order valence-corrected chi connectivity index (χ4v) is 1.90. The molecular formula is C10H17N3O4. The molecule has 1 unspecified atom stereocenters. The number of nitrogens with zero attached hydrogens (tertiary/aromatic N) is 1. The normalized spacial score (nSPS) is 23.5. The molecular weight excluding hydrogens is 226 g/mol. The largest absolute Gasteiger partial charge is 0.480 e. The van der Waals surface area contributed by atoms with Crippen molar-refractivity contribution in [1.82, 2.24) is 10.2 Å². The summed E-state index contributed by atoms with van der Waals surface area (Å²) in [5.74, 6) is -1.52. The van der Waals surface area contributed by atoms with Crippen LogP contribution in [0.3, 0.4) is 0 Å². The van der Waals surface area contributed by atoms with Gasteiger partial charge in [0.25, 0.3) is 0 Å². The summed E-state index contributed by atoms with van der Waals surface area (Å²) >= 11 is 0. The number of urea groups is 1. The number of rotatable bonds is 4. The van der Waals surface area contributed by atoms with Crippen molar-refractivity contribution >= 4 is 17.9 Å². The SMILES string of the molecule is CC1(C(=O)O)CCCN1C(=O)NCCC(N)=O. The van der Waals surface area contributed by atoms with Crippen LogP contribution in [0.5, 0.6) is 0 Å².